The van der Waals surface area contributed by atoms with E-state index >= 15 is 0 Å². The van der Waals surface area contributed by atoms with Gasteiger partial charge in [-0.1, -0.05) is 0 Å². The van der Waals surface area contributed by atoms with Crippen LogP contribution in [0.15, 0.2) is 5.29 Å². The quantitative estimate of drug-likeness (QED) is 0.420. The maximum Gasteiger partial charge on any atom is 0.138 e. The van der Waals surface area contributed by atoms with Gasteiger partial charge >= 0.3 is 0 Å². The summed E-state index contributed by atoms with van der Waals surface area (Å²) in [6.07, 6.45) is 0. The van der Waals surface area contributed by atoms with E-state index in [-0.39, 0.29) is 0 Å². The molecule has 8 heavy (non-hydrogen) atoms. The molecule has 0 unspecified atom stereocenters. The molecule has 0 aliphatic rings. The zero-order valence-electron chi connectivity index (χ0n) is 4.80. The van der Waals surface area contributed by atoms with Crippen LogP contribution in [0.3, 0.4) is 0 Å². The maximum atomic E-state index is 9.47. The Hall–Kier alpha value is -1.11. The molecule has 0 aromatic rings. The molecule has 4 heteroatoms. The molecule has 0 aromatic heterocycles. The Bertz CT molecular complexity index is 124. The lowest BCUT2D eigenvalue weighted by molar-refractivity contribution is 0.503. The standard InChI is InChI=1S/C4H7N3O/c1-4(2,3-5)6-7-8/h1-2H3,(H,6,8). The third-order valence-corrected chi connectivity index (χ3v) is 0.605. The molecular formula is C4H7N3O. The Kier molecular flexibility index (Phi) is 1.95. The van der Waals surface area contributed by atoms with E-state index in [0.29, 0.717) is 0 Å². The Labute approximate surface area is 47.4 Å². The van der Waals surface area contributed by atoms with Crippen LogP contribution in [-0.2, 0) is 0 Å². The predicted molar refractivity (Wildman–Crippen MR) is 28.6 cm³/mol. The number of nitrogens with one attached hydrogen (secondary N) is 1. The molecule has 1 N–H and O–H groups in total. The highest BCUT2D eigenvalue weighted by atomic mass is 16.3. The third-order valence-electron chi connectivity index (χ3n) is 0.605. The van der Waals surface area contributed by atoms with Crippen molar-refractivity contribution in [3.05, 3.63) is 4.91 Å². The Morgan fingerprint density at radius 3 is 2.38 bits per heavy atom. The zero-order valence-corrected chi connectivity index (χ0v) is 4.80. The van der Waals surface area contributed by atoms with Gasteiger partial charge in [0.05, 0.1) is 11.4 Å². The van der Waals surface area contributed by atoms with Crippen LogP contribution in [0.2, 0.25) is 0 Å². The lowest BCUT2D eigenvalue weighted by atomic mass is 10.1. The minimum Gasteiger partial charge on any atom is -0.254 e. The van der Waals surface area contributed by atoms with Crippen LogP contribution in [0.1, 0.15) is 13.8 Å². The molecule has 0 aliphatic carbocycles. The number of rotatable bonds is 2. The normalized spacial score (nSPS) is 9.62. The molecule has 0 saturated heterocycles. The van der Waals surface area contributed by atoms with Gasteiger partial charge in [0.1, 0.15) is 5.54 Å². The van der Waals surface area contributed by atoms with Crippen molar-refractivity contribution in [1.82, 2.24) is 5.43 Å². The Morgan fingerprint density at radius 1 is 1.75 bits per heavy atom. The smallest absolute Gasteiger partial charge is 0.138 e. The molecule has 4 nitrogen and oxygen atoms in total. The number of hydrogen-bond donors (Lipinski definition) is 1. The Morgan fingerprint density at radius 2 is 2.25 bits per heavy atom. The van der Waals surface area contributed by atoms with E-state index in [0.717, 1.165) is 0 Å². The van der Waals surface area contributed by atoms with Crippen LogP contribution < -0.4 is 5.43 Å². The number of nitroso groups, excluding NO2 is 1. The lowest BCUT2D eigenvalue weighted by Crippen LogP contribution is -2.32. The summed E-state index contributed by atoms with van der Waals surface area (Å²) in [5.41, 5.74) is 1.25. The molecule has 0 rings (SSSR count). The first-order valence-corrected chi connectivity index (χ1v) is 2.13. The van der Waals surface area contributed by atoms with Crippen molar-refractivity contribution >= 4 is 0 Å². The first-order chi connectivity index (χ1) is 3.62. The molecule has 0 spiro atoms. The van der Waals surface area contributed by atoms with Crippen LogP contribution in [0.5, 0.6) is 0 Å². The largest absolute Gasteiger partial charge is 0.254 e. The van der Waals surface area contributed by atoms with E-state index in [4.69, 9.17) is 5.26 Å². The summed E-state index contributed by atoms with van der Waals surface area (Å²) in [6, 6.07) is 1.84. The number of nitrogens with zero attached hydrogens (tertiary/aromatic N) is 2. The fourth-order valence-electron chi connectivity index (χ4n) is 0.139. The van der Waals surface area contributed by atoms with E-state index in [1.165, 1.54) is 0 Å². The van der Waals surface area contributed by atoms with Crippen molar-refractivity contribution in [2.45, 2.75) is 19.4 Å². The third kappa shape index (κ3) is 2.13. The summed E-state index contributed by atoms with van der Waals surface area (Å²) in [7, 11) is 0. The predicted octanol–water partition coefficient (Wildman–Crippen LogP) is 0.560. The van der Waals surface area contributed by atoms with Gasteiger partial charge in [0.15, 0.2) is 0 Å². The topological polar surface area (TPSA) is 65.2 Å². The molecule has 0 bridgehead atoms. The zero-order chi connectivity index (χ0) is 6.62. The van der Waals surface area contributed by atoms with Crippen molar-refractivity contribution in [3.63, 3.8) is 0 Å². The monoisotopic (exact) mass is 113 g/mol. The highest BCUT2D eigenvalue weighted by molar-refractivity contribution is 4.98. The van der Waals surface area contributed by atoms with Gasteiger partial charge in [0, 0.05) is 0 Å². The number of nitriles is 1. The van der Waals surface area contributed by atoms with Gasteiger partial charge in [-0.15, -0.1) is 4.91 Å². The molecule has 44 valence electrons. The lowest BCUT2D eigenvalue weighted by Gasteiger charge is -2.09. The van der Waals surface area contributed by atoms with Crippen LogP contribution in [0.25, 0.3) is 0 Å². The molecule has 0 amide bonds. The second-order valence-electron chi connectivity index (χ2n) is 1.94. The fourth-order valence-corrected chi connectivity index (χ4v) is 0.139. The molecule has 0 saturated carbocycles. The Balaban J connectivity index is 3.76. The van der Waals surface area contributed by atoms with Gasteiger partial charge in [-0.2, -0.15) is 5.26 Å². The summed E-state index contributed by atoms with van der Waals surface area (Å²) in [4.78, 5) is 9.47. The highest BCUT2D eigenvalue weighted by Crippen LogP contribution is 1.96. The summed E-state index contributed by atoms with van der Waals surface area (Å²) in [5.74, 6) is 0. The molecule has 0 aliphatic heterocycles. The van der Waals surface area contributed by atoms with Gasteiger partial charge in [-0.25, -0.2) is 0 Å². The van der Waals surface area contributed by atoms with Gasteiger partial charge in [-0.3, -0.25) is 5.43 Å². The molecule has 0 fully saturated rings. The first kappa shape index (κ1) is 6.89. The average Bonchev–Trinajstić information content (AvgIpc) is 1.67. The van der Waals surface area contributed by atoms with Gasteiger partial charge < -0.3 is 0 Å². The van der Waals surface area contributed by atoms with Gasteiger partial charge in [0.2, 0.25) is 0 Å². The van der Waals surface area contributed by atoms with Crippen molar-refractivity contribution in [1.29, 1.82) is 5.26 Å². The van der Waals surface area contributed by atoms with Gasteiger partial charge in [-0.05, 0) is 13.8 Å². The highest BCUT2D eigenvalue weighted by Gasteiger charge is 2.14. The van der Waals surface area contributed by atoms with E-state index < -0.39 is 5.54 Å². The minimum atomic E-state index is -0.832. The first-order valence-electron chi connectivity index (χ1n) is 2.13. The SMILES string of the molecule is CC(C)(C#N)NN=O. The fraction of sp³-hybridized carbons (Fsp3) is 0.750. The van der Waals surface area contributed by atoms with Crippen LogP contribution in [0.4, 0.5) is 0 Å². The molecule has 0 atom stereocenters. The van der Waals surface area contributed by atoms with Crippen molar-refractivity contribution in [2.24, 2.45) is 5.29 Å². The van der Waals surface area contributed by atoms with Crippen molar-refractivity contribution < 1.29 is 0 Å². The maximum absolute atomic E-state index is 9.47. The van der Waals surface area contributed by atoms with E-state index in [2.05, 4.69) is 10.7 Å². The van der Waals surface area contributed by atoms with Crippen molar-refractivity contribution in [2.75, 3.05) is 0 Å². The summed E-state index contributed by atoms with van der Waals surface area (Å²) in [5, 5.41) is 10.6. The van der Waals surface area contributed by atoms with E-state index in [9.17, 15) is 4.91 Å². The molecular weight excluding hydrogens is 106 g/mol. The van der Waals surface area contributed by atoms with Gasteiger partial charge in [0.25, 0.3) is 0 Å². The van der Waals surface area contributed by atoms with Crippen LogP contribution in [-0.4, -0.2) is 5.54 Å². The van der Waals surface area contributed by atoms with E-state index in [1.54, 1.807) is 13.8 Å². The second-order valence-corrected chi connectivity index (χ2v) is 1.94. The van der Waals surface area contributed by atoms with Crippen molar-refractivity contribution in [3.8, 4) is 6.07 Å². The summed E-state index contributed by atoms with van der Waals surface area (Å²) < 4.78 is 0. The summed E-state index contributed by atoms with van der Waals surface area (Å²) in [6.45, 7) is 3.13. The molecule has 0 aromatic carbocycles. The minimum absolute atomic E-state index is 0.832. The molecule has 0 heterocycles. The number of hydrogen-bond acceptors (Lipinski definition) is 3. The van der Waals surface area contributed by atoms with E-state index in [1.807, 2.05) is 6.07 Å². The average molecular weight is 113 g/mol. The van der Waals surface area contributed by atoms with Crippen LogP contribution in [0, 0.1) is 16.2 Å². The second kappa shape index (κ2) is 2.26. The summed E-state index contributed by atoms with van der Waals surface area (Å²) >= 11 is 0. The molecule has 0 radical (unpaired) electrons. The van der Waals surface area contributed by atoms with Crippen LogP contribution >= 0.6 is 0 Å².